The third kappa shape index (κ3) is 4.06. The number of hydrogen-bond donors (Lipinski definition) is 2. The van der Waals surface area contributed by atoms with Crippen LogP contribution >= 0.6 is 11.3 Å². The molecule has 0 fully saturated rings. The van der Waals surface area contributed by atoms with Crippen molar-refractivity contribution >= 4 is 22.9 Å². The standard InChI is InChI=1S/C14H17N3OS/c1-10-9-19-14(17-10)8-16-13(18)7-6-11-4-2-3-5-12(11)15/h2-5,9H,6-8,15H2,1H3,(H,16,18). The van der Waals surface area contributed by atoms with Crippen molar-refractivity contribution in [3.63, 3.8) is 0 Å². The molecule has 0 spiro atoms. The number of carbonyl (C=O) groups excluding carboxylic acids is 1. The molecule has 0 bridgehead atoms. The molecule has 1 amide bonds. The van der Waals surface area contributed by atoms with E-state index in [9.17, 15) is 4.79 Å². The van der Waals surface area contributed by atoms with E-state index in [1.54, 1.807) is 11.3 Å². The molecule has 1 aromatic carbocycles. The summed E-state index contributed by atoms with van der Waals surface area (Å²) in [7, 11) is 0. The monoisotopic (exact) mass is 275 g/mol. The lowest BCUT2D eigenvalue weighted by Gasteiger charge is -2.05. The number of benzene rings is 1. The molecule has 0 atom stereocenters. The fourth-order valence-electron chi connectivity index (χ4n) is 1.76. The average molecular weight is 275 g/mol. The number of nitrogens with zero attached hydrogens (tertiary/aromatic N) is 1. The maximum Gasteiger partial charge on any atom is 0.220 e. The molecule has 2 rings (SSSR count). The fraction of sp³-hybridized carbons (Fsp3) is 0.286. The molecule has 0 aliphatic heterocycles. The number of anilines is 1. The Balaban J connectivity index is 1.77. The number of nitrogen functional groups attached to an aromatic ring is 1. The highest BCUT2D eigenvalue weighted by atomic mass is 32.1. The minimum absolute atomic E-state index is 0.0242. The molecule has 0 saturated carbocycles. The van der Waals surface area contributed by atoms with Gasteiger partial charge in [-0.05, 0) is 25.0 Å². The van der Waals surface area contributed by atoms with Crippen molar-refractivity contribution in [3.05, 3.63) is 45.9 Å². The molecule has 1 heterocycles. The Morgan fingerprint density at radius 2 is 2.21 bits per heavy atom. The summed E-state index contributed by atoms with van der Waals surface area (Å²) in [6.45, 7) is 2.45. The number of aromatic nitrogens is 1. The predicted molar refractivity (Wildman–Crippen MR) is 77.9 cm³/mol. The Labute approximate surface area is 116 Å². The molecule has 0 radical (unpaired) electrons. The van der Waals surface area contributed by atoms with E-state index in [2.05, 4.69) is 10.3 Å². The van der Waals surface area contributed by atoms with Crippen molar-refractivity contribution in [2.75, 3.05) is 5.73 Å². The van der Waals surface area contributed by atoms with Crippen LogP contribution in [0.2, 0.25) is 0 Å². The third-order valence-corrected chi connectivity index (χ3v) is 3.75. The summed E-state index contributed by atoms with van der Waals surface area (Å²) in [5.74, 6) is 0.0242. The molecule has 1 aromatic heterocycles. The average Bonchev–Trinajstić information content (AvgIpc) is 2.81. The summed E-state index contributed by atoms with van der Waals surface area (Å²) < 4.78 is 0. The number of carbonyl (C=O) groups is 1. The maximum absolute atomic E-state index is 11.7. The number of amides is 1. The predicted octanol–water partition coefficient (Wildman–Crippen LogP) is 2.28. The van der Waals surface area contributed by atoms with E-state index < -0.39 is 0 Å². The Kier molecular flexibility index (Phi) is 4.52. The zero-order valence-corrected chi connectivity index (χ0v) is 11.7. The molecule has 0 saturated heterocycles. The second-order valence-corrected chi connectivity index (χ2v) is 5.30. The number of nitrogens with two attached hydrogens (primary N) is 1. The van der Waals surface area contributed by atoms with Gasteiger partial charge in [0.05, 0.1) is 6.54 Å². The maximum atomic E-state index is 11.7. The van der Waals surface area contributed by atoms with Gasteiger partial charge in [-0.1, -0.05) is 18.2 Å². The fourth-order valence-corrected chi connectivity index (χ4v) is 2.47. The van der Waals surface area contributed by atoms with Crippen LogP contribution in [0.5, 0.6) is 0 Å². The lowest BCUT2D eigenvalue weighted by molar-refractivity contribution is -0.121. The van der Waals surface area contributed by atoms with Gasteiger partial charge in [0, 0.05) is 23.2 Å². The Hall–Kier alpha value is -1.88. The number of aryl methyl sites for hydroxylation is 2. The van der Waals surface area contributed by atoms with Crippen LogP contribution in [0.15, 0.2) is 29.6 Å². The van der Waals surface area contributed by atoms with Crippen molar-refractivity contribution in [2.24, 2.45) is 0 Å². The van der Waals surface area contributed by atoms with E-state index in [-0.39, 0.29) is 5.91 Å². The molecular formula is C14H17N3OS. The topological polar surface area (TPSA) is 68.0 Å². The van der Waals surface area contributed by atoms with Gasteiger partial charge in [-0.25, -0.2) is 4.98 Å². The first-order valence-corrected chi connectivity index (χ1v) is 7.04. The van der Waals surface area contributed by atoms with Gasteiger partial charge in [0.15, 0.2) is 0 Å². The minimum Gasteiger partial charge on any atom is -0.399 e. The van der Waals surface area contributed by atoms with Crippen molar-refractivity contribution in [3.8, 4) is 0 Å². The Morgan fingerprint density at radius 3 is 2.89 bits per heavy atom. The van der Waals surface area contributed by atoms with Gasteiger partial charge >= 0.3 is 0 Å². The highest BCUT2D eigenvalue weighted by molar-refractivity contribution is 7.09. The van der Waals surface area contributed by atoms with Crippen LogP contribution in [0.1, 0.15) is 22.7 Å². The van der Waals surface area contributed by atoms with Crippen molar-refractivity contribution in [1.82, 2.24) is 10.3 Å². The summed E-state index contributed by atoms with van der Waals surface area (Å²) in [4.78, 5) is 16.0. The lowest BCUT2D eigenvalue weighted by Crippen LogP contribution is -2.23. The molecule has 0 aliphatic carbocycles. The molecule has 5 heteroatoms. The Bertz CT molecular complexity index is 565. The molecule has 0 unspecified atom stereocenters. The molecule has 3 N–H and O–H groups in total. The highest BCUT2D eigenvalue weighted by Crippen LogP contribution is 2.12. The van der Waals surface area contributed by atoms with E-state index in [0.29, 0.717) is 19.4 Å². The van der Waals surface area contributed by atoms with Gasteiger partial charge in [-0.2, -0.15) is 0 Å². The van der Waals surface area contributed by atoms with Crippen LogP contribution in [0, 0.1) is 6.92 Å². The van der Waals surface area contributed by atoms with E-state index in [1.165, 1.54) is 0 Å². The van der Waals surface area contributed by atoms with Crippen LogP contribution in [0.3, 0.4) is 0 Å². The first kappa shape index (κ1) is 13.5. The van der Waals surface area contributed by atoms with Crippen LogP contribution in [0.4, 0.5) is 5.69 Å². The first-order valence-electron chi connectivity index (χ1n) is 6.16. The summed E-state index contributed by atoms with van der Waals surface area (Å²) in [6, 6.07) is 7.63. The number of para-hydroxylation sites is 1. The molecule has 100 valence electrons. The second kappa shape index (κ2) is 6.33. The van der Waals surface area contributed by atoms with Crippen LogP contribution in [-0.4, -0.2) is 10.9 Å². The molecular weight excluding hydrogens is 258 g/mol. The smallest absolute Gasteiger partial charge is 0.220 e. The Morgan fingerprint density at radius 1 is 1.42 bits per heavy atom. The summed E-state index contributed by atoms with van der Waals surface area (Å²) in [6.07, 6.45) is 1.11. The molecule has 2 aromatic rings. The zero-order chi connectivity index (χ0) is 13.7. The van der Waals surface area contributed by atoms with Gasteiger partial charge < -0.3 is 11.1 Å². The summed E-state index contributed by atoms with van der Waals surface area (Å²) in [5, 5.41) is 5.78. The van der Waals surface area contributed by atoms with Crippen molar-refractivity contribution in [1.29, 1.82) is 0 Å². The largest absolute Gasteiger partial charge is 0.399 e. The van der Waals surface area contributed by atoms with Crippen LogP contribution in [0.25, 0.3) is 0 Å². The van der Waals surface area contributed by atoms with Gasteiger partial charge in [0.2, 0.25) is 5.91 Å². The van der Waals surface area contributed by atoms with Crippen molar-refractivity contribution < 1.29 is 4.79 Å². The number of hydrogen-bond acceptors (Lipinski definition) is 4. The number of nitrogens with one attached hydrogen (secondary N) is 1. The molecule has 0 aliphatic rings. The quantitative estimate of drug-likeness (QED) is 0.823. The first-order chi connectivity index (χ1) is 9.15. The highest BCUT2D eigenvalue weighted by Gasteiger charge is 2.05. The number of thiazole rings is 1. The van der Waals surface area contributed by atoms with Gasteiger partial charge in [0.25, 0.3) is 0 Å². The lowest BCUT2D eigenvalue weighted by atomic mass is 10.1. The van der Waals surface area contributed by atoms with Gasteiger partial charge in [0.1, 0.15) is 5.01 Å². The zero-order valence-electron chi connectivity index (χ0n) is 10.8. The van der Waals surface area contributed by atoms with E-state index in [1.807, 2.05) is 36.6 Å². The summed E-state index contributed by atoms with van der Waals surface area (Å²) in [5.41, 5.74) is 8.58. The number of rotatable bonds is 5. The SMILES string of the molecule is Cc1csc(CNC(=O)CCc2ccccc2N)n1. The van der Waals surface area contributed by atoms with Gasteiger partial charge in [-0.15, -0.1) is 11.3 Å². The molecule has 19 heavy (non-hydrogen) atoms. The van der Waals surface area contributed by atoms with Crippen LogP contribution < -0.4 is 11.1 Å². The van der Waals surface area contributed by atoms with Crippen molar-refractivity contribution in [2.45, 2.75) is 26.3 Å². The van der Waals surface area contributed by atoms with E-state index in [4.69, 9.17) is 5.73 Å². The van der Waals surface area contributed by atoms with E-state index in [0.717, 1.165) is 22.0 Å². The van der Waals surface area contributed by atoms with Crippen LogP contribution in [-0.2, 0) is 17.8 Å². The third-order valence-electron chi connectivity index (χ3n) is 2.78. The molecule has 4 nitrogen and oxygen atoms in total. The summed E-state index contributed by atoms with van der Waals surface area (Å²) >= 11 is 1.56. The van der Waals surface area contributed by atoms with Gasteiger partial charge in [-0.3, -0.25) is 4.79 Å². The van der Waals surface area contributed by atoms with E-state index >= 15 is 0 Å². The minimum atomic E-state index is 0.0242. The normalized spacial score (nSPS) is 10.4. The second-order valence-electron chi connectivity index (χ2n) is 4.36.